The van der Waals surface area contributed by atoms with Gasteiger partial charge in [0.2, 0.25) is 0 Å². The van der Waals surface area contributed by atoms with Crippen molar-refractivity contribution in [1.82, 2.24) is 4.98 Å². The number of unbranched alkanes of at least 4 members (excludes halogenated alkanes) is 1. The number of hydrogen-bond donors (Lipinski definition) is 1. The second-order valence-corrected chi connectivity index (χ2v) is 8.57. The van der Waals surface area contributed by atoms with Gasteiger partial charge < -0.3 is 10.5 Å². The predicted molar refractivity (Wildman–Crippen MR) is 115 cm³/mol. The Bertz CT molecular complexity index is 1090. The molecule has 4 nitrogen and oxygen atoms in total. The number of anilines is 1. The van der Waals surface area contributed by atoms with Gasteiger partial charge in [-0.3, -0.25) is 0 Å². The number of esters is 1. The molecule has 0 spiro atoms. The van der Waals surface area contributed by atoms with Gasteiger partial charge in [0.15, 0.2) is 0 Å². The van der Waals surface area contributed by atoms with Gasteiger partial charge in [-0.15, -0.1) is 0 Å². The van der Waals surface area contributed by atoms with E-state index in [9.17, 15) is 18.0 Å². The van der Waals surface area contributed by atoms with E-state index in [1.165, 1.54) is 5.57 Å². The molecule has 2 aliphatic rings. The number of hydrogen-bond acceptors (Lipinski definition) is 4. The fraction of sp³-hybridized carbons (Fsp3) is 0.391. The van der Waals surface area contributed by atoms with Gasteiger partial charge in [0.25, 0.3) is 0 Å². The van der Waals surface area contributed by atoms with E-state index in [1.54, 1.807) is 12.1 Å². The Labute approximate surface area is 182 Å². The van der Waals surface area contributed by atoms with Crippen molar-refractivity contribution < 1.29 is 22.7 Å². The van der Waals surface area contributed by atoms with Gasteiger partial charge in [0, 0.05) is 27.6 Å². The molecule has 164 valence electrons. The van der Waals surface area contributed by atoms with E-state index >= 15 is 0 Å². The summed E-state index contributed by atoms with van der Waals surface area (Å²) in [7, 11) is 0. The summed E-state index contributed by atoms with van der Waals surface area (Å²) in [5.74, 6) is -1.75. The van der Waals surface area contributed by atoms with Crippen molar-refractivity contribution in [2.45, 2.75) is 44.2 Å². The molecule has 2 N–H and O–H groups in total. The van der Waals surface area contributed by atoms with Crippen LogP contribution in [-0.4, -0.2) is 23.7 Å². The van der Waals surface area contributed by atoms with E-state index in [4.69, 9.17) is 22.3 Å². The molecule has 2 bridgehead atoms. The fourth-order valence-electron chi connectivity index (χ4n) is 4.59. The van der Waals surface area contributed by atoms with E-state index in [2.05, 4.69) is 17.4 Å². The molecule has 8 heteroatoms. The number of pyridine rings is 1. The van der Waals surface area contributed by atoms with Gasteiger partial charge in [-0.25, -0.2) is 9.78 Å². The number of halogens is 4. The molecule has 0 fully saturated rings. The lowest BCUT2D eigenvalue weighted by atomic mass is 9.68. The number of benzene rings is 1. The highest BCUT2D eigenvalue weighted by atomic mass is 35.5. The Hall–Kier alpha value is -2.54. The molecule has 2 atom stereocenters. The standard InChI is InChI=1S/C23H22ClF3N2O2/c1-12-14-8-13(4-2-3-7-31-22(30)23(25,26)27)9-15(10-14)19-20(28)17-6-5-16(24)11-18(17)29-21(12)19/h5-6,8,11,14-15H,1-4,7,9-10H2,(H2,28,29). The number of fused-ring (bicyclic) bond motifs is 5. The average molecular weight is 451 g/mol. The lowest BCUT2D eigenvalue weighted by Gasteiger charge is -2.37. The predicted octanol–water partition coefficient (Wildman–Crippen LogP) is 6.19. The molecule has 4 rings (SSSR count). The fourth-order valence-corrected chi connectivity index (χ4v) is 4.75. The lowest BCUT2D eigenvalue weighted by molar-refractivity contribution is -0.199. The maximum atomic E-state index is 12.2. The van der Waals surface area contributed by atoms with Gasteiger partial charge in [0.1, 0.15) is 0 Å². The zero-order valence-electron chi connectivity index (χ0n) is 16.8. The summed E-state index contributed by atoms with van der Waals surface area (Å²) in [6.07, 6.45) is 0.744. The number of nitrogens with two attached hydrogens (primary N) is 1. The molecular weight excluding hydrogens is 429 g/mol. The molecule has 0 amide bonds. The number of rotatable bonds is 5. The minimum absolute atomic E-state index is 0.160. The summed E-state index contributed by atoms with van der Waals surface area (Å²) < 4.78 is 40.8. The van der Waals surface area contributed by atoms with Gasteiger partial charge in [-0.1, -0.05) is 29.8 Å². The van der Waals surface area contributed by atoms with Crippen LogP contribution in [0.3, 0.4) is 0 Å². The second kappa shape index (κ2) is 8.19. The molecule has 31 heavy (non-hydrogen) atoms. The molecule has 1 aromatic carbocycles. The van der Waals surface area contributed by atoms with E-state index < -0.39 is 12.1 Å². The van der Waals surface area contributed by atoms with Gasteiger partial charge in [-0.05, 0) is 61.8 Å². The van der Waals surface area contributed by atoms with Crippen LogP contribution in [0.25, 0.3) is 16.5 Å². The van der Waals surface area contributed by atoms with Crippen molar-refractivity contribution in [3.8, 4) is 0 Å². The molecular formula is C23H22ClF3N2O2. The number of carbonyl (C=O) groups excluding carboxylic acids is 1. The summed E-state index contributed by atoms with van der Waals surface area (Å²) in [5.41, 5.74) is 12.0. The van der Waals surface area contributed by atoms with Crippen LogP contribution in [0, 0.1) is 5.92 Å². The second-order valence-electron chi connectivity index (χ2n) is 8.13. The van der Waals surface area contributed by atoms with Crippen molar-refractivity contribution >= 4 is 39.7 Å². The van der Waals surface area contributed by atoms with E-state index in [1.807, 2.05) is 6.07 Å². The molecule has 2 unspecified atom stereocenters. The van der Waals surface area contributed by atoms with Crippen LogP contribution in [0.5, 0.6) is 0 Å². The Morgan fingerprint density at radius 2 is 2.10 bits per heavy atom. The van der Waals surface area contributed by atoms with Crippen LogP contribution in [0.15, 0.2) is 36.4 Å². The minimum Gasteiger partial charge on any atom is -0.459 e. The van der Waals surface area contributed by atoms with Crippen molar-refractivity contribution in [3.05, 3.63) is 52.7 Å². The molecule has 2 aliphatic carbocycles. The molecule has 0 aliphatic heterocycles. The third-order valence-corrected chi connectivity index (χ3v) is 6.26. The highest BCUT2D eigenvalue weighted by Gasteiger charge is 2.40. The van der Waals surface area contributed by atoms with Gasteiger partial charge in [0.05, 0.1) is 17.8 Å². The maximum absolute atomic E-state index is 12.2. The first kappa shape index (κ1) is 21.7. The molecule has 1 aromatic heterocycles. The number of aromatic nitrogens is 1. The van der Waals surface area contributed by atoms with Crippen molar-refractivity contribution in [3.63, 3.8) is 0 Å². The van der Waals surface area contributed by atoms with Crippen LogP contribution >= 0.6 is 11.6 Å². The van der Waals surface area contributed by atoms with Gasteiger partial charge >= 0.3 is 12.1 Å². The molecule has 1 heterocycles. The summed E-state index contributed by atoms with van der Waals surface area (Å²) in [4.78, 5) is 15.6. The quantitative estimate of drug-likeness (QED) is 0.335. The Kier molecular flexibility index (Phi) is 5.73. The Morgan fingerprint density at radius 3 is 2.84 bits per heavy atom. The Balaban J connectivity index is 1.46. The summed E-state index contributed by atoms with van der Waals surface area (Å²) in [6.45, 7) is 4.04. The molecule has 0 radical (unpaired) electrons. The first-order valence-electron chi connectivity index (χ1n) is 10.2. The van der Waals surface area contributed by atoms with Crippen molar-refractivity contribution in [1.29, 1.82) is 0 Å². The van der Waals surface area contributed by atoms with E-state index in [0.717, 1.165) is 47.0 Å². The molecule has 0 saturated heterocycles. The summed E-state index contributed by atoms with van der Waals surface area (Å²) in [6, 6.07) is 5.49. The number of allylic oxidation sites excluding steroid dienone is 3. The van der Waals surface area contributed by atoms with Crippen molar-refractivity contribution in [2.24, 2.45) is 5.92 Å². The van der Waals surface area contributed by atoms with Crippen LogP contribution in [0.4, 0.5) is 18.9 Å². The largest absolute Gasteiger partial charge is 0.490 e. The van der Waals surface area contributed by atoms with Crippen molar-refractivity contribution in [2.75, 3.05) is 12.3 Å². The zero-order chi connectivity index (χ0) is 22.3. The van der Waals surface area contributed by atoms with E-state index in [0.29, 0.717) is 23.6 Å². The van der Waals surface area contributed by atoms with Crippen LogP contribution in [-0.2, 0) is 9.53 Å². The number of carbonyl (C=O) groups is 1. The topological polar surface area (TPSA) is 65.2 Å². The van der Waals surface area contributed by atoms with Crippen LogP contribution in [0.2, 0.25) is 5.02 Å². The van der Waals surface area contributed by atoms with Crippen LogP contribution in [0.1, 0.15) is 49.3 Å². The molecule has 2 aromatic rings. The first-order valence-corrected chi connectivity index (χ1v) is 10.5. The smallest absolute Gasteiger partial charge is 0.459 e. The zero-order valence-corrected chi connectivity index (χ0v) is 17.5. The lowest BCUT2D eigenvalue weighted by Crippen LogP contribution is -2.25. The summed E-state index contributed by atoms with van der Waals surface area (Å²) >= 11 is 6.12. The Morgan fingerprint density at radius 1 is 1.32 bits per heavy atom. The average Bonchev–Trinajstić information content (AvgIpc) is 2.70. The SMILES string of the molecule is C=C1c2nc3cc(Cl)ccc3c(N)c2C2CC(CCCCOC(=O)C(F)(F)F)=CC1C2. The highest BCUT2D eigenvalue weighted by molar-refractivity contribution is 6.31. The highest BCUT2D eigenvalue weighted by Crippen LogP contribution is 2.51. The maximum Gasteiger partial charge on any atom is 0.490 e. The number of nitrogen functional groups attached to an aromatic ring is 1. The number of nitrogens with zero attached hydrogens (tertiary/aromatic N) is 1. The first-order chi connectivity index (χ1) is 14.6. The third-order valence-electron chi connectivity index (χ3n) is 6.03. The third kappa shape index (κ3) is 4.28. The monoisotopic (exact) mass is 450 g/mol. The van der Waals surface area contributed by atoms with E-state index in [-0.39, 0.29) is 18.4 Å². The minimum atomic E-state index is -4.94. The normalized spacial score (nSPS) is 20.4. The number of alkyl halides is 3. The summed E-state index contributed by atoms with van der Waals surface area (Å²) in [5, 5.41) is 1.47. The number of ether oxygens (including phenoxy) is 1. The van der Waals surface area contributed by atoms with Gasteiger partial charge in [-0.2, -0.15) is 13.2 Å². The van der Waals surface area contributed by atoms with Crippen LogP contribution < -0.4 is 5.73 Å². The molecule has 0 saturated carbocycles.